The fourth-order valence-corrected chi connectivity index (χ4v) is 2.21. The van der Waals surface area contributed by atoms with Gasteiger partial charge in [-0.25, -0.2) is 0 Å². The average molecular weight is 214 g/mol. The standard InChI is InChI=1S/C15H18O/c1-2-15(16,13-9-5-3-6-10-13)14-11-7-4-8-12-14/h3,5-7,9-12,16H,2,4,8H2,1H3. The molecule has 84 valence electrons. The summed E-state index contributed by atoms with van der Waals surface area (Å²) in [5.41, 5.74) is 1.20. The first-order valence-corrected chi connectivity index (χ1v) is 5.92. The fourth-order valence-electron chi connectivity index (χ4n) is 2.21. The number of hydrogen-bond donors (Lipinski definition) is 1. The zero-order valence-electron chi connectivity index (χ0n) is 9.69. The molecule has 1 atom stereocenters. The number of allylic oxidation sites excluding steroid dienone is 2. The van der Waals surface area contributed by atoms with E-state index in [0.717, 1.165) is 24.0 Å². The highest BCUT2D eigenvalue weighted by molar-refractivity contribution is 5.39. The summed E-state index contributed by atoms with van der Waals surface area (Å²) in [6.45, 7) is 2.02. The molecule has 1 aromatic rings. The van der Waals surface area contributed by atoms with E-state index in [1.54, 1.807) is 0 Å². The Bertz CT molecular complexity index is 403. The van der Waals surface area contributed by atoms with Gasteiger partial charge < -0.3 is 5.11 Å². The quantitative estimate of drug-likeness (QED) is 0.815. The fraction of sp³-hybridized carbons (Fsp3) is 0.333. The third-order valence-corrected chi connectivity index (χ3v) is 3.24. The van der Waals surface area contributed by atoms with Crippen LogP contribution in [-0.2, 0) is 5.60 Å². The molecule has 0 heterocycles. The van der Waals surface area contributed by atoms with Gasteiger partial charge in [-0.3, -0.25) is 0 Å². The maximum Gasteiger partial charge on any atom is 0.114 e. The lowest BCUT2D eigenvalue weighted by Crippen LogP contribution is -2.27. The molecular formula is C15H18O. The monoisotopic (exact) mass is 214 g/mol. The van der Waals surface area contributed by atoms with E-state index in [9.17, 15) is 5.11 Å². The van der Waals surface area contributed by atoms with Crippen molar-refractivity contribution in [1.29, 1.82) is 0 Å². The summed E-state index contributed by atoms with van der Waals surface area (Å²) in [7, 11) is 0. The van der Waals surface area contributed by atoms with E-state index in [1.807, 2.05) is 37.3 Å². The molecule has 2 rings (SSSR count). The van der Waals surface area contributed by atoms with Gasteiger partial charge >= 0.3 is 0 Å². The van der Waals surface area contributed by atoms with Crippen LogP contribution in [0.4, 0.5) is 0 Å². The van der Waals surface area contributed by atoms with Crippen LogP contribution >= 0.6 is 0 Å². The van der Waals surface area contributed by atoms with Gasteiger partial charge in [-0.1, -0.05) is 55.5 Å². The highest BCUT2D eigenvalue weighted by Crippen LogP contribution is 2.35. The van der Waals surface area contributed by atoms with Crippen molar-refractivity contribution in [2.24, 2.45) is 0 Å². The molecule has 0 aliphatic heterocycles. The number of benzene rings is 1. The van der Waals surface area contributed by atoms with Crippen LogP contribution in [0, 0.1) is 0 Å². The van der Waals surface area contributed by atoms with Gasteiger partial charge in [0.05, 0.1) is 0 Å². The molecule has 0 amide bonds. The molecule has 1 N–H and O–H groups in total. The van der Waals surface area contributed by atoms with E-state index in [-0.39, 0.29) is 0 Å². The summed E-state index contributed by atoms with van der Waals surface area (Å²) in [5, 5.41) is 10.8. The summed E-state index contributed by atoms with van der Waals surface area (Å²) >= 11 is 0. The van der Waals surface area contributed by atoms with Crippen molar-refractivity contribution in [3.8, 4) is 0 Å². The molecule has 1 aliphatic rings. The maximum absolute atomic E-state index is 10.8. The minimum atomic E-state index is -0.821. The van der Waals surface area contributed by atoms with Crippen LogP contribution in [0.1, 0.15) is 31.7 Å². The molecule has 0 bridgehead atoms. The molecular weight excluding hydrogens is 196 g/mol. The first-order valence-electron chi connectivity index (χ1n) is 5.92. The minimum Gasteiger partial charge on any atom is -0.380 e. The average Bonchev–Trinajstić information content (AvgIpc) is 2.40. The predicted molar refractivity (Wildman–Crippen MR) is 67.1 cm³/mol. The molecule has 0 fully saturated rings. The maximum atomic E-state index is 10.8. The highest BCUT2D eigenvalue weighted by atomic mass is 16.3. The van der Waals surface area contributed by atoms with Crippen LogP contribution in [-0.4, -0.2) is 5.11 Å². The van der Waals surface area contributed by atoms with Crippen LogP contribution in [0.25, 0.3) is 0 Å². The molecule has 0 radical (unpaired) electrons. The summed E-state index contributed by atoms with van der Waals surface area (Å²) in [4.78, 5) is 0. The van der Waals surface area contributed by atoms with Crippen molar-refractivity contribution in [2.75, 3.05) is 0 Å². The normalized spacial score (nSPS) is 19.0. The Morgan fingerprint density at radius 3 is 2.50 bits per heavy atom. The zero-order chi connectivity index (χ0) is 11.4. The molecule has 0 saturated heterocycles. The SMILES string of the molecule is CCC(O)(C1=CCCC=C1)c1ccccc1. The van der Waals surface area contributed by atoms with Crippen molar-refractivity contribution in [3.63, 3.8) is 0 Å². The Morgan fingerprint density at radius 1 is 1.19 bits per heavy atom. The largest absolute Gasteiger partial charge is 0.380 e. The molecule has 1 nitrogen and oxygen atoms in total. The molecule has 0 aromatic heterocycles. The molecule has 1 unspecified atom stereocenters. The van der Waals surface area contributed by atoms with Gasteiger partial charge in [-0.15, -0.1) is 0 Å². The summed E-state index contributed by atoms with van der Waals surface area (Å²) in [6, 6.07) is 9.91. The van der Waals surface area contributed by atoms with Crippen LogP contribution in [0.3, 0.4) is 0 Å². The van der Waals surface area contributed by atoms with E-state index in [4.69, 9.17) is 0 Å². The van der Waals surface area contributed by atoms with Crippen molar-refractivity contribution in [3.05, 3.63) is 59.7 Å². The van der Waals surface area contributed by atoms with Crippen molar-refractivity contribution >= 4 is 0 Å². The van der Waals surface area contributed by atoms with Gasteiger partial charge in [0.1, 0.15) is 5.60 Å². The van der Waals surface area contributed by atoms with Crippen molar-refractivity contribution in [1.82, 2.24) is 0 Å². The second kappa shape index (κ2) is 4.67. The second-order valence-corrected chi connectivity index (χ2v) is 4.22. The molecule has 0 spiro atoms. The van der Waals surface area contributed by atoms with Crippen LogP contribution in [0.15, 0.2) is 54.1 Å². The van der Waals surface area contributed by atoms with E-state index >= 15 is 0 Å². The van der Waals surface area contributed by atoms with Gasteiger partial charge in [-0.05, 0) is 30.4 Å². The number of rotatable bonds is 3. The van der Waals surface area contributed by atoms with E-state index in [0.29, 0.717) is 6.42 Å². The zero-order valence-corrected chi connectivity index (χ0v) is 9.69. The molecule has 1 heteroatoms. The number of hydrogen-bond acceptors (Lipinski definition) is 1. The summed E-state index contributed by atoms with van der Waals surface area (Å²) in [5.74, 6) is 0. The van der Waals surface area contributed by atoms with Crippen molar-refractivity contribution < 1.29 is 5.11 Å². The van der Waals surface area contributed by atoms with Crippen LogP contribution in [0.2, 0.25) is 0 Å². The molecule has 1 aromatic carbocycles. The lowest BCUT2D eigenvalue weighted by atomic mass is 9.81. The van der Waals surface area contributed by atoms with Crippen LogP contribution in [0.5, 0.6) is 0 Å². The van der Waals surface area contributed by atoms with Gasteiger partial charge in [0, 0.05) is 0 Å². The summed E-state index contributed by atoms with van der Waals surface area (Å²) in [6.07, 6.45) is 9.15. The van der Waals surface area contributed by atoms with E-state index in [1.165, 1.54) is 0 Å². The molecule has 0 saturated carbocycles. The van der Waals surface area contributed by atoms with Crippen LogP contribution < -0.4 is 0 Å². The van der Waals surface area contributed by atoms with Gasteiger partial charge in [0.2, 0.25) is 0 Å². The highest BCUT2D eigenvalue weighted by Gasteiger charge is 2.30. The smallest absolute Gasteiger partial charge is 0.114 e. The lowest BCUT2D eigenvalue weighted by molar-refractivity contribution is 0.0751. The molecule has 1 aliphatic carbocycles. The Labute approximate surface area is 97.1 Å². The second-order valence-electron chi connectivity index (χ2n) is 4.22. The third kappa shape index (κ3) is 1.96. The third-order valence-electron chi connectivity index (χ3n) is 3.24. The van der Waals surface area contributed by atoms with Gasteiger partial charge in [0.25, 0.3) is 0 Å². The van der Waals surface area contributed by atoms with Crippen molar-refractivity contribution in [2.45, 2.75) is 31.8 Å². The Kier molecular flexibility index (Phi) is 3.25. The Hall–Kier alpha value is -1.34. The Morgan fingerprint density at radius 2 is 1.94 bits per heavy atom. The Balaban J connectivity index is 2.40. The summed E-state index contributed by atoms with van der Waals surface area (Å²) < 4.78 is 0. The minimum absolute atomic E-state index is 0.702. The number of aliphatic hydroxyl groups is 1. The van der Waals surface area contributed by atoms with E-state index in [2.05, 4.69) is 18.2 Å². The first kappa shape index (κ1) is 11.2. The van der Waals surface area contributed by atoms with Gasteiger partial charge in [0.15, 0.2) is 0 Å². The molecule has 16 heavy (non-hydrogen) atoms. The van der Waals surface area contributed by atoms with E-state index < -0.39 is 5.60 Å². The predicted octanol–water partition coefficient (Wildman–Crippen LogP) is 3.56. The van der Waals surface area contributed by atoms with Gasteiger partial charge in [-0.2, -0.15) is 0 Å². The lowest BCUT2D eigenvalue weighted by Gasteiger charge is -2.30. The topological polar surface area (TPSA) is 20.2 Å². The first-order chi connectivity index (χ1) is 7.77.